The Morgan fingerprint density at radius 3 is 2.41 bits per heavy atom. The molecule has 0 aliphatic carbocycles. The Kier molecular flexibility index (Phi) is 3.62. The normalized spacial score (nSPS) is 10.2. The van der Waals surface area contributed by atoms with Crippen LogP contribution in [0.4, 0.5) is 0 Å². The number of aromatic hydroxyl groups is 1. The number of hydrogen-bond acceptors (Lipinski definition) is 3. The number of rotatable bonds is 4. The highest BCUT2D eigenvalue weighted by molar-refractivity contribution is 5.76. The first-order valence-corrected chi connectivity index (χ1v) is 5.44. The third-order valence-electron chi connectivity index (χ3n) is 2.42. The molecule has 0 aliphatic rings. The number of aliphatic hydroxyl groups excluding tert-OH is 1. The molecule has 2 aromatic carbocycles. The summed E-state index contributed by atoms with van der Waals surface area (Å²) in [5.74, 6) is 0.747. The van der Waals surface area contributed by atoms with E-state index in [2.05, 4.69) is 0 Å². The van der Waals surface area contributed by atoms with Crippen molar-refractivity contribution >= 4 is 0 Å². The van der Waals surface area contributed by atoms with Gasteiger partial charge in [0.15, 0.2) is 0 Å². The first kappa shape index (κ1) is 11.5. The van der Waals surface area contributed by atoms with Crippen LogP contribution in [0.15, 0.2) is 48.5 Å². The Labute approximate surface area is 99.9 Å². The minimum absolute atomic E-state index is 0.0517. The lowest BCUT2D eigenvalue weighted by Gasteiger charge is -2.12. The Morgan fingerprint density at radius 2 is 1.71 bits per heavy atom. The van der Waals surface area contributed by atoms with E-state index < -0.39 is 0 Å². The summed E-state index contributed by atoms with van der Waals surface area (Å²) < 4.78 is 5.41. The van der Waals surface area contributed by atoms with E-state index in [1.165, 1.54) is 0 Å². The molecule has 0 fully saturated rings. The first-order valence-electron chi connectivity index (χ1n) is 5.44. The summed E-state index contributed by atoms with van der Waals surface area (Å²) in [6.45, 7) is 0.160. The van der Waals surface area contributed by atoms with Crippen LogP contribution in [0.1, 0.15) is 0 Å². The van der Waals surface area contributed by atoms with E-state index in [-0.39, 0.29) is 19.0 Å². The number of benzene rings is 2. The molecule has 0 heterocycles. The Bertz CT molecular complexity index is 480. The van der Waals surface area contributed by atoms with Gasteiger partial charge in [0.25, 0.3) is 0 Å². The number of phenols is 1. The van der Waals surface area contributed by atoms with E-state index >= 15 is 0 Å². The minimum Gasteiger partial charge on any atom is -0.507 e. The first-order chi connectivity index (χ1) is 8.33. The van der Waals surface area contributed by atoms with Crippen molar-refractivity contribution in [2.75, 3.05) is 13.2 Å². The van der Waals surface area contributed by atoms with Gasteiger partial charge in [0.05, 0.1) is 12.2 Å². The molecule has 0 amide bonds. The van der Waals surface area contributed by atoms with E-state index in [0.717, 1.165) is 5.56 Å². The van der Waals surface area contributed by atoms with Gasteiger partial charge in [-0.05, 0) is 17.7 Å². The molecule has 2 rings (SSSR count). The van der Waals surface area contributed by atoms with Crippen molar-refractivity contribution in [2.24, 2.45) is 0 Å². The second-order valence-electron chi connectivity index (χ2n) is 3.59. The monoisotopic (exact) mass is 230 g/mol. The molecular formula is C14H14O3. The highest BCUT2D eigenvalue weighted by Crippen LogP contribution is 2.37. The number of aliphatic hydroxyl groups is 1. The van der Waals surface area contributed by atoms with E-state index in [9.17, 15) is 5.11 Å². The van der Waals surface area contributed by atoms with Gasteiger partial charge in [0, 0.05) is 0 Å². The number of hydrogen-bond donors (Lipinski definition) is 2. The van der Waals surface area contributed by atoms with Crippen LogP contribution in [0.5, 0.6) is 11.5 Å². The summed E-state index contributed by atoms with van der Waals surface area (Å²) in [6, 6.07) is 14.6. The van der Waals surface area contributed by atoms with Gasteiger partial charge < -0.3 is 14.9 Å². The molecule has 3 nitrogen and oxygen atoms in total. The third kappa shape index (κ3) is 2.57. The smallest absolute Gasteiger partial charge is 0.130 e. The zero-order chi connectivity index (χ0) is 12.1. The summed E-state index contributed by atoms with van der Waals surface area (Å²) in [6.07, 6.45) is 0. The number of phenolic OH excluding ortho intramolecular Hbond substituents is 1. The maximum Gasteiger partial charge on any atom is 0.130 e. The predicted octanol–water partition coefficient (Wildman–Crippen LogP) is 2.43. The maximum absolute atomic E-state index is 9.90. The molecule has 0 aromatic heterocycles. The Morgan fingerprint density at radius 1 is 0.941 bits per heavy atom. The average molecular weight is 230 g/mol. The highest BCUT2D eigenvalue weighted by Gasteiger charge is 2.10. The van der Waals surface area contributed by atoms with E-state index in [4.69, 9.17) is 9.84 Å². The van der Waals surface area contributed by atoms with Crippen molar-refractivity contribution in [3.05, 3.63) is 48.5 Å². The molecule has 0 radical (unpaired) electrons. The second-order valence-corrected chi connectivity index (χ2v) is 3.59. The van der Waals surface area contributed by atoms with Crippen molar-refractivity contribution < 1.29 is 14.9 Å². The van der Waals surface area contributed by atoms with E-state index in [1.54, 1.807) is 18.2 Å². The molecule has 0 spiro atoms. The summed E-state index contributed by atoms with van der Waals surface area (Å²) in [5.41, 5.74) is 1.54. The minimum atomic E-state index is -0.0517. The van der Waals surface area contributed by atoms with Gasteiger partial charge in [-0.2, -0.15) is 0 Å². The largest absolute Gasteiger partial charge is 0.507 e. The Hall–Kier alpha value is -2.00. The fourth-order valence-corrected chi connectivity index (χ4v) is 1.69. The molecule has 2 aromatic rings. The molecule has 0 saturated heterocycles. The number of ether oxygens (including phenoxy) is 1. The van der Waals surface area contributed by atoms with Gasteiger partial charge in [0.1, 0.15) is 18.1 Å². The van der Waals surface area contributed by atoms with Crippen LogP contribution in [-0.4, -0.2) is 23.4 Å². The van der Waals surface area contributed by atoms with Crippen LogP contribution in [-0.2, 0) is 0 Å². The summed E-state index contributed by atoms with van der Waals surface area (Å²) >= 11 is 0. The lowest BCUT2D eigenvalue weighted by atomic mass is 10.0. The van der Waals surface area contributed by atoms with E-state index in [1.807, 2.05) is 30.3 Å². The van der Waals surface area contributed by atoms with Gasteiger partial charge >= 0.3 is 0 Å². The van der Waals surface area contributed by atoms with Gasteiger partial charge in [0.2, 0.25) is 0 Å². The molecule has 2 N–H and O–H groups in total. The molecule has 0 aliphatic heterocycles. The van der Waals surface area contributed by atoms with Crippen LogP contribution in [0, 0.1) is 0 Å². The average Bonchev–Trinajstić information content (AvgIpc) is 2.37. The molecule has 3 heteroatoms. The predicted molar refractivity (Wildman–Crippen MR) is 66.1 cm³/mol. The SMILES string of the molecule is OCCOc1cccc(O)c1-c1ccccc1. The van der Waals surface area contributed by atoms with Crippen molar-refractivity contribution in [3.63, 3.8) is 0 Å². The van der Waals surface area contributed by atoms with Crippen molar-refractivity contribution in [2.45, 2.75) is 0 Å². The third-order valence-corrected chi connectivity index (χ3v) is 2.42. The lowest BCUT2D eigenvalue weighted by molar-refractivity contribution is 0.201. The van der Waals surface area contributed by atoms with Crippen LogP contribution in [0.3, 0.4) is 0 Å². The molecule has 0 saturated carbocycles. The molecule has 88 valence electrons. The topological polar surface area (TPSA) is 49.7 Å². The maximum atomic E-state index is 9.90. The van der Waals surface area contributed by atoms with Crippen LogP contribution >= 0.6 is 0 Å². The van der Waals surface area contributed by atoms with Crippen LogP contribution in [0.25, 0.3) is 11.1 Å². The summed E-state index contributed by atoms with van der Waals surface area (Å²) in [4.78, 5) is 0. The van der Waals surface area contributed by atoms with Crippen molar-refractivity contribution in [1.82, 2.24) is 0 Å². The molecular weight excluding hydrogens is 216 g/mol. The summed E-state index contributed by atoms with van der Waals surface area (Å²) in [5, 5.41) is 18.7. The summed E-state index contributed by atoms with van der Waals surface area (Å²) in [7, 11) is 0. The van der Waals surface area contributed by atoms with Crippen molar-refractivity contribution in [1.29, 1.82) is 0 Å². The highest BCUT2D eigenvalue weighted by atomic mass is 16.5. The van der Waals surface area contributed by atoms with Gasteiger partial charge in [-0.25, -0.2) is 0 Å². The Balaban J connectivity index is 2.44. The standard InChI is InChI=1S/C14H14O3/c15-9-10-17-13-8-4-7-12(16)14(13)11-5-2-1-3-6-11/h1-8,15-16H,9-10H2. The quantitative estimate of drug-likeness (QED) is 0.848. The molecule has 0 atom stereocenters. The van der Waals surface area contributed by atoms with Crippen LogP contribution < -0.4 is 4.74 Å². The van der Waals surface area contributed by atoms with Crippen molar-refractivity contribution in [3.8, 4) is 22.6 Å². The van der Waals surface area contributed by atoms with E-state index in [0.29, 0.717) is 11.3 Å². The van der Waals surface area contributed by atoms with Gasteiger partial charge in [-0.1, -0.05) is 36.4 Å². The fraction of sp³-hybridized carbons (Fsp3) is 0.143. The molecule has 0 bridgehead atoms. The zero-order valence-electron chi connectivity index (χ0n) is 9.34. The van der Waals surface area contributed by atoms with Gasteiger partial charge in [-0.15, -0.1) is 0 Å². The zero-order valence-corrected chi connectivity index (χ0v) is 9.34. The second kappa shape index (κ2) is 5.37. The lowest BCUT2D eigenvalue weighted by Crippen LogP contribution is -2.02. The molecule has 17 heavy (non-hydrogen) atoms. The fourth-order valence-electron chi connectivity index (χ4n) is 1.69. The van der Waals surface area contributed by atoms with Crippen LogP contribution in [0.2, 0.25) is 0 Å². The van der Waals surface area contributed by atoms with Gasteiger partial charge in [-0.3, -0.25) is 0 Å². The molecule has 0 unspecified atom stereocenters.